The van der Waals surface area contributed by atoms with Crippen molar-refractivity contribution in [3.63, 3.8) is 0 Å². The first kappa shape index (κ1) is 32.6. The predicted octanol–water partition coefficient (Wildman–Crippen LogP) is 6.34. The zero-order chi connectivity index (χ0) is 29.7. The molecular formula is C33H43NO6S. The van der Waals surface area contributed by atoms with Gasteiger partial charge in [0.25, 0.3) is 5.91 Å². The summed E-state index contributed by atoms with van der Waals surface area (Å²) < 4.78 is 5.40. The molecule has 2 aromatic carbocycles. The van der Waals surface area contributed by atoms with Gasteiger partial charge in [-0.25, -0.2) is 0 Å². The molecule has 0 saturated heterocycles. The van der Waals surface area contributed by atoms with Gasteiger partial charge in [-0.05, 0) is 69.0 Å². The fourth-order valence-corrected chi connectivity index (χ4v) is 6.34. The molecule has 3 N–H and O–H groups in total. The van der Waals surface area contributed by atoms with Crippen LogP contribution in [-0.4, -0.2) is 50.6 Å². The molecule has 222 valence electrons. The Morgan fingerprint density at radius 3 is 2.51 bits per heavy atom. The number of anilines is 1. The van der Waals surface area contributed by atoms with Gasteiger partial charge in [0.1, 0.15) is 11.5 Å². The van der Waals surface area contributed by atoms with E-state index in [1.165, 1.54) is 11.8 Å². The number of rotatable bonds is 16. The van der Waals surface area contributed by atoms with Crippen LogP contribution in [0.2, 0.25) is 0 Å². The van der Waals surface area contributed by atoms with Crippen molar-refractivity contribution in [3.05, 3.63) is 72.3 Å². The van der Waals surface area contributed by atoms with E-state index in [9.17, 15) is 24.6 Å². The first-order valence-electron chi connectivity index (χ1n) is 14.6. The van der Waals surface area contributed by atoms with Gasteiger partial charge < -0.3 is 20.3 Å². The molecule has 0 radical (unpaired) electrons. The Morgan fingerprint density at radius 1 is 1.07 bits per heavy atom. The van der Waals surface area contributed by atoms with Crippen LogP contribution >= 0.6 is 11.8 Å². The van der Waals surface area contributed by atoms with Crippen molar-refractivity contribution in [3.8, 4) is 5.75 Å². The Balaban J connectivity index is 1.36. The maximum absolute atomic E-state index is 12.5. The van der Waals surface area contributed by atoms with Crippen LogP contribution in [0.15, 0.2) is 66.7 Å². The molecule has 4 atom stereocenters. The Morgan fingerprint density at radius 2 is 1.80 bits per heavy atom. The summed E-state index contributed by atoms with van der Waals surface area (Å²) in [4.78, 5) is 37.0. The van der Waals surface area contributed by atoms with E-state index in [1.807, 2.05) is 25.1 Å². The van der Waals surface area contributed by atoms with E-state index in [-0.39, 0.29) is 41.7 Å². The number of carbonyl (C=O) groups excluding carboxylic acids is 3. The molecular weight excluding hydrogens is 538 g/mol. The summed E-state index contributed by atoms with van der Waals surface area (Å²) >= 11 is 1.51. The first-order valence-corrected chi connectivity index (χ1v) is 15.6. The molecule has 3 rings (SSSR count). The molecule has 7 nitrogen and oxygen atoms in total. The van der Waals surface area contributed by atoms with Gasteiger partial charge in [0.2, 0.25) is 0 Å². The summed E-state index contributed by atoms with van der Waals surface area (Å²) in [5, 5.41) is 23.7. The standard InChI is InChI=1S/C33H43NO6S/c1-3-4-12-21-33(2,39)23-41-31-27(28(35)22-29(31)36)15-10-5-6-11-16-30(37)40-26-19-17-25(18-20-26)34-32(38)24-13-8-7-9-14-24/h5,7-10,13-14,17-20,27,29,31,36,39H,3-4,6,11-12,15-16,21-23H2,1-2H3,(H,34,38)/t27-,29+,31+,33?/m0/s1. The fourth-order valence-electron chi connectivity index (χ4n) is 4.83. The molecule has 0 aromatic heterocycles. The van der Waals surface area contributed by atoms with Crippen LogP contribution in [-0.2, 0) is 9.59 Å². The SMILES string of the molecule is CCCCCC(C)(O)CS[C@H]1[C@H](O)CC(=O)[C@@H]1CC=CCCCC(=O)Oc1ccc(NC(=O)c2ccccc2)cc1. The number of hydrogen-bond acceptors (Lipinski definition) is 7. The van der Waals surface area contributed by atoms with Gasteiger partial charge in [0.15, 0.2) is 0 Å². The number of carbonyl (C=O) groups is 3. The van der Waals surface area contributed by atoms with Crippen LogP contribution in [0.3, 0.4) is 0 Å². The summed E-state index contributed by atoms with van der Waals surface area (Å²) in [5.41, 5.74) is 0.362. The molecule has 41 heavy (non-hydrogen) atoms. The second kappa shape index (κ2) is 16.5. The van der Waals surface area contributed by atoms with Gasteiger partial charge in [-0.15, -0.1) is 0 Å². The monoisotopic (exact) mass is 581 g/mol. The van der Waals surface area contributed by atoms with Gasteiger partial charge in [0.05, 0.1) is 11.7 Å². The number of hydrogen-bond donors (Lipinski definition) is 3. The number of benzene rings is 2. The number of aliphatic hydroxyl groups excluding tert-OH is 1. The van der Waals surface area contributed by atoms with Gasteiger partial charge in [-0.3, -0.25) is 14.4 Å². The van der Waals surface area contributed by atoms with Crippen LogP contribution in [0.5, 0.6) is 5.75 Å². The number of allylic oxidation sites excluding steroid dienone is 2. The van der Waals surface area contributed by atoms with Gasteiger partial charge >= 0.3 is 5.97 Å². The number of ketones is 1. The zero-order valence-electron chi connectivity index (χ0n) is 24.1. The van der Waals surface area contributed by atoms with E-state index in [4.69, 9.17) is 4.74 Å². The molecule has 0 spiro atoms. The first-order chi connectivity index (χ1) is 19.7. The molecule has 1 amide bonds. The summed E-state index contributed by atoms with van der Waals surface area (Å²) in [5.74, 6) is 0.171. The Bertz CT molecular complexity index is 1150. The number of thioether (sulfide) groups is 1. The summed E-state index contributed by atoms with van der Waals surface area (Å²) in [6.07, 6.45) is 9.37. The van der Waals surface area contributed by atoms with Gasteiger partial charge in [0, 0.05) is 41.0 Å². The highest BCUT2D eigenvalue weighted by Gasteiger charge is 2.42. The molecule has 1 fully saturated rings. The fraction of sp³-hybridized carbons (Fsp3) is 0.485. The zero-order valence-corrected chi connectivity index (χ0v) is 24.9. The summed E-state index contributed by atoms with van der Waals surface area (Å²) in [6.45, 7) is 3.96. The largest absolute Gasteiger partial charge is 0.427 e. The number of nitrogens with one attached hydrogen (secondary N) is 1. The minimum absolute atomic E-state index is 0.0690. The third-order valence-electron chi connectivity index (χ3n) is 7.19. The lowest BCUT2D eigenvalue weighted by atomic mass is 10.0. The van der Waals surface area contributed by atoms with Crippen molar-refractivity contribution in [1.82, 2.24) is 0 Å². The average molecular weight is 582 g/mol. The van der Waals surface area contributed by atoms with Crippen molar-refractivity contribution in [2.75, 3.05) is 11.1 Å². The van der Waals surface area contributed by atoms with Crippen molar-refractivity contribution in [1.29, 1.82) is 0 Å². The second-order valence-electron chi connectivity index (χ2n) is 11.0. The smallest absolute Gasteiger partial charge is 0.311 e. The third kappa shape index (κ3) is 11.1. The number of unbranched alkanes of at least 4 members (excludes halogenated alkanes) is 3. The molecule has 1 unspecified atom stereocenters. The van der Waals surface area contributed by atoms with Crippen molar-refractivity contribution < 1.29 is 29.3 Å². The topological polar surface area (TPSA) is 113 Å². The lowest BCUT2D eigenvalue weighted by Crippen LogP contribution is -2.31. The molecule has 1 aliphatic rings. The normalized spacial score (nSPS) is 20.2. The Hall–Kier alpha value is -2.94. The summed E-state index contributed by atoms with van der Waals surface area (Å²) in [7, 11) is 0. The molecule has 0 aliphatic heterocycles. The average Bonchev–Trinajstić information content (AvgIpc) is 3.22. The minimum Gasteiger partial charge on any atom is -0.427 e. The lowest BCUT2D eigenvalue weighted by molar-refractivity contribution is -0.134. The number of amides is 1. The van der Waals surface area contributed by atoms with Gasteiger partial charge in [-0.1, -0.05) is 56.5 Å². The van der Waals surface area contributed by atoms with E-state index in [0.29, 0.717) is 42.0 Å². The van der Waals surface area contributed by atoms with Gasteiger partial charge in [-0.2, -0.15) is 11.8 Å². The van der Waals surface area contributed by atoms with E-state index in [0.717, 1.165) is 25.7 Å². The van der Waals surface area contributed by atoms with E-state index >= 15 is 0 Å². The molecule has 2 aromatic rings. The third-order valence-corrected chi connectivity index (χ3v) is 9.01. The van der Waals surface area contributed by atoms with Crippen LogP contribution in [0.25, 0.3) is 0 Å². The van der Waals surface area contributed by atoms with E-state index in [1.54, 1.807) is 48.5 Å². The van der Waals surface area contributed by atoms with E-state index < -0.39 is 11.7 Å². The molecule has 0 bridgehead atoms. The maximum atomic E-state index is 12.5. The number of esters is 1. The number of Topliss-reactive ketones (excluding diaryl/α,β-unsaturated/α-hetero) is 1. The molecule has 0 heterocycles. The lowest BCUT2D eigenvalue weighted by Gasteiger charge is -2.27. The maximum Gasteiger partial charge on any atom is 0.311 e. The highest BCUT2D eigenvalue weighted by Crippen LogP contribution is 2.37. The van der Waals surface area contributed by atoms with Crippen LogP contribution in [0, 0.1) is 5.92 Å². The molecule has 1 aliphatic carbocycles. The van der Waals surface area contributed by atoms with Crippen molar-refractivity contribution >= 4 is 35.1 Å². The highest BCUT2D eigenvalue weighted by molar-refractivity contribution is 8.00. The minimum atomic E-state index is -0.805. The number of ether oxygens (including phenoxy) is 1. The quantitative estimate of drug-likeness (QED) is 0.0917. The van der Waals surface area contributed by atoms with Crippen LogP contribution in [0.4, 0.5) is 5.69 Å². The summed E-state index contributed by atoms with van der Waals surface area (Å²) in [6, 6.07) is 15.6. The molecule has 8 heteroatoms. The highest BCUT2D eigenvalue weighted by atomic mass is 32.2. The van der Waals surface area contributed by atoms with E-state index in [2.05, 4.69) is 12.2 Å². The van der Waals surface area contributed by atoms with Crippen molar-refractivity contribution in [2.24, 2.45) is 5.92 Å². The van der Waals surface area contributed by atoms with Crippen LogP contribution in [0.1, 0.15) is 82.0 Å². The van der Waals surface area contributed by atoms with Crippen LogP contribution < -0.4 is 10.1 Å². The second-order valence-corrected chi connectivity index (χ2v) is 12.2. The Kier molecular flexibility index (Phi) is 13.1. The number of aliphatic hydroxyl groups is 2. The van der Waals surface area contributed by atoms with Crippen molar-refractivity contribution in [2.45, 2.75) is 88.6 Å². The predicted molar refractivity (Wildman–Crippen MR) is 164 cm³/mol. The Labute approximate surface area is 247 Å². The molecule has 1 saturated carbocycles.